The van der Waals surface area contributed by atoms with Crippen molar-refractivity contribution in [3.05, 3.63) is 23.9 Å². The molecule has 0 aliphatic carbocycles. The van der Waals surface area contributed by atoms with Crippen LogP contribution in [0.15, 0.2) is 18.3 Å². The highest BCUT2D eigenvalue weighted by molar-refractivity contribution is 9.09. The summed E-state index contributed by atoms with van der Waals surface area (Å²) in [6.07, 6.45) is -1.07. The molecule has 1 atom stereocenters. The number of hydrogen-bond acceptors (Lipinski definition) is 2. The van der Waals surface area contributed by atoms with Crippen molar-refractivity contribution in [1.29, 1.82) is 0 Å². The van der Waals surface area contributed by atoms with Crippen molar-refractivity contribution >= 4 is 21.7 Å². The van der Waals surface area contributed by atoms with Crippen molar-refractivity contribution in [3.8, 4) is 0 Å². The average molecular weight is 309 g/mol. The molecule has 2 rings (SSSR count). The number of piperidine rings is 1. The molecule has 1 aromatic heterocycles. The molecule has 17 heavy (non-hydrogen) atoms. The summed E-state index contributed by atoms with van der Waals surface area (Å²) in [4.78, 5) is 5.82. The Kier molecular flexibility index (Phi) is 3.61. The molecule has 1 aliphatic rings. The van der Waals surface area contributed by atoms with Crippen LogP contribution in [0.4, 0.5) is 19.0 Å². The first-order valence-corrected chi connectivity index (χ1v) is 6.31. The van der Waals surface area contributed by atoms with E-state index in [0.717, 1.165) is 18.9 Å². The van der Waals surface area contributed by atoms with E-state index in [9.17, 15) is 13.2 Å². The Bertz CT molecular complexity index is 395. The molecule has 0 radical (unpaired) electrons. The number of aromatic nitrogens is 1. The Labute approximate surface area is 106 Å². The second kappa shape index (κ2) is 4.84. The van der Waals surface area contributed by atoms with Crippen LogP contribution >= 0.6 is 15.9 Å². The van der Waals surface area contributed by atoms with Gasteiger partial charge in [-0.2, -0.15) is 13.2 Å². The molecule has 1 saturated heterocycles. The van der Waals surface area contributed by atoms with Gasteiger partial charge in [-0.3, -0.25) is 0 Å². The fourth-order valence-corrected chi connectivity index (χ4v) is 2.66. The molecular weight excluding hydrogens is 297 g/mol. The van der Waals surface area contributed by atoms with Crippen LogP contribution in [0.25, 0.3) is 0 Å². The monoisotopic (exact) mass is 308 g/mol. The summed E-state index contributed by atoms with van der Waals surface area (Å²) in [5.41, 5.74) is -0.651. The lowest BCUT2D eigenvalue weighted by Gasteiger charge is -2.32. The third-order valence-electron chi connectivity index (χ3n) is 2.76. The fraction of sp³-hybridized carbons (Fsp3) is 0.545. The predicted molar refractivity (Wildman–Crippen MR) is 63.4 cm³/mol. The fourth-order valence-electron chi connectivity index (χ4n) is 1.99. The molecule has 6 heteroatoms. The van der Waals surface area contributed by atoms with Crippen LogP contribution in [0, 0.1) is 0 Å². The zero-order valence-electron chi connectivity index (χ0n) is 9.04. The predicted octanol–water partition coefficient (Wildman–Crippen LogP) is 3.46. The van der Waals surface area contributed by atoms with E-state index in [1.165, 1.54) is 12.3 Å². The van der Waals surface area contributed by atoms with Gasteiger partial charge in [-0.1, -0.05) is 15.9 Å². The zero-order valence-corrected chi connectivity index (χ0v) is 10.6. The van der Waals surface area contributed by atoms with Crippen LogP contribution in [-0.4, -0.2) is 22.9 Å². The molecule has 0 spiro atoms. The highest BCUT2D eigenvalue weighted by atomic mass is 79.9. The van der Waals surface area contributed by atoms with Gasteiger partial charge in [-0.25, -0.2) is 4.98 Å². The molecule has 0 N–H and O–H groups in total. The average Bonchev–Trinajstić information content (AvgIpc) is 2.28. The molecule has 1 fully saturated rings. The Morgan fingerprint density at radius 1 is 1.41 bits per heavy atom. The lowest BCUT2D eigenvalue weighted by molar-refractivity contribution is -0.137. The molecule has 0 aromatic carbocycles. The third-order valence-corrected chi connectivity index (χ3v) is 3.50. The topological polar surface area (TPSA) is 16.1 Å². The van der Waals surface area contributed by atoms with E-state index in [2.05, 4.69) is 20.9 Å². The number of alkyl halides is 4. The Hall–Kier alpha value is -0.780. The van der Waals surface area contributed by atoms with Crippen molar-refractivity contribution in [2.45, 2.75) is 23.8 Å². The van der Waals surface area contributed by atoms with Gasteiger partial charge in [0, 0.05) is 24.1 Å². The molecule has 0 amide bonds. The minimum atomic E-state index is -4.34. The summed E-state index contributed by atoms with van der Waals surface area (Å²) in [6, 6.07) is 2.40. The molecule has 0 saturated carbocycles. The van der Waals surface area contributed by atoms with Gasteiger partial charge in [0.05, 0.1) is 5.56 Å². The summed E-state index contributed by atoms with van der Waals surface area (Å²) in [5.74, 6) is 0.0455. The van der Waals surface area contributed by atoms with E-state index in [1.54, 1.807) is 4.90 Å². The molecular formula is C11H12BrF3N2. The van der Waals surface area contributed by atoms with Crippen molar-refractivity contribution in [3.63, 3.8) is 0 Å². The zero-order chi connectivity index (χ0) is 12.5. The molecule has 2 heterocycles. The SMILES string of the molecule is FC(F)(F)c1cccnc1N1CCCC(Br)C1. The molecule has 1 unspecified atom stereocenters. The maximum absolute atomic E-state index is 12.8. The second-order valence-electron chi connectivity index (χ2n) is 4.06. The van der Waals surface area contributed by atoms with Crippen LogP contribution in [0.3, 0.4) is 0 Å². The maximum Gasteiger partial charge on any atom is 0.419 e. The van der Waals surface area contributed by atoms with Gasteiger partial charge in [-0.05, 0) is 25.0 Å². The van der Waals surface area contributed by atoms with Crippen molar-refractivity contribution < 1.29 is 13.2 Å². The normalized spacial score (nSPS) is 21.6. The number of pyridine rings is 1. The standard InChI is InChI=1S/C11H12BrF3N2/c12-8-3-2-6-17(7-8)10-9(11(13,14)15)4-1-5-16-10/h1,4-5,8H,2-3,6-7H2. The summed E-state index contributed by atoms with van der Waals surface area (Å²) in [5, 5.41) is 0. The van der Waals surface area contributed by atoms with E-state index >= 15 is 0 Å². The van der Waals surface area contributed by atoms with Gasteiger partial charge < -0.3 is 4.90 Å². The smallest absolute Gasteiger partial charge is 0.355 e. The van der Waals surface area contributed by atoms with E-state index in [0.29, 0.717) is 13.1 Å². The molecule has 94 valence electrons. The van der Waals surface area contributed by atoms with Gasteiger partial charge in [0.1, 0.15) is 5.82 Å². The summed E-state index contributed by atoms with van der Waals surface area (Å²) >= 11 is 3.45. The quantitative estimate of drug-likeness (QED) is 0.739. The van der Waals surface area contributed by atoms with E-state index < -0.39 is 11.7 Å². The van der Waals surface area contributed by atoms with Gasteiger partial charge in [0.25, 0.3) is 0 Å². The van der Waals surface area contributed by atoms with Crippen LogP contribution < -0.4 is 4.90 Å². The first kappa shape index (κ1) is 12.7. The minimum absolute atomic E-state index is 0.0455. The van der Waals surface area contributed by atoms with Crippen molar-refractivity contribution in [1.82, 2.24) is 4.98 Å². The first-order valence-electron chi connectivity index (χ1n) is 5.39. The third kappa shape index (κ3) is 2.91. The summed E-state index contributed by atoms with van der Waals surface area (Å²) in [6.45, 7) is 1.20. The van der Waals surface area contributed by atoms with Gasteiger partial charge in [0.2, 0.25) is 0 Å². The summed E-state index contributed by atoms with van der Waals surface area (Å²) < 4.78 is 38.5. The van der Waals surface area contributed by atoms with Gasteiger partial charge >= 0.3 is 6.18 Å². The minimum Gasteiger partial charge on any atom is -0.355 e. The molecule has 0 bridgehead atoms. The van der Waals surface area contributed by atoms with Crippen LogP contribution in [0.2, 0.25) is 0 Å². The van der Waals surface area contributed by atoms with Gasteiger partial charge in [0.15, 0.2) is 0 Å². The number of halogens is 4. The Balaban J connectivity index is 2.31. The van der Waals surface area contributed by atoms with Crippen LogP contribution in [-0.2, 0) is 6.18 Å². The lowest BCUT2D eigenvalue weighted by Crippen LogP contribution is -2.37. The number of nitrogens with zero attached hydrogens (tertiary/aromatic N) is 2. The highest BCUT2D eigenvalue weighted by Gasteiger charge is 2.36. The first-order chi connectivity index (χ1) is 7.98. The Morgan fingerprint density at radius 2 is 2.18 bits per heavy atom. The van der Waals surface area contributed by atoms with E-state index in [1.807, 2.05) is 0 Å². The molecule has 1 aromatic rings. The van der Waals surface area contributed by atoms with E-state index in [-0.39, 0.29) is 10.6 Å². The molecule has 1 aliphatic heterocycles. The van der Waals surface area contributed by atoms with Crippen molar-refractivity contribution in [2.75, 3.05) is 18.0 Å². The number of hydrogen-bond donors (Lipinski definition) is 0. The number of anilines is 1. The Morgan fingerprint density at radius 3 is 2.82 bits per heavy atom. The largest absolute Gasteiger partial charge is 0.419 e. The highest BCUT2D eigenvalue weighted by Crippen LogP contribution is 2.36. The van der Waals surface area contributed by atoms with E-state index in [4.69, 9.17) is 0 Å². The van der Waals surface area contributed by atoms with Gasteiger partial charge in [-0.15, -0.1) is 0 Å². The summed E-state index contributed by atoms with van der Waals surface area (Å²) in [7, 11) is 0. The second-order valence-corrected chi connectivity index (χ2v) is 5.35. The molecule has 2 nitrogen and oxygen atoms in total. The van der Waals surface area contributed by atoms with Crippen molar-refractivity contribution in [2.24, 2.45) is 0 Å². The maximum atomic E-state index is 12.8. The lowest BCUT2D eigenvalue weighted by atomic mass is 10.1. The number of rotatable bonds is 1. The van der Waals surface area contributed by atoms with Crippen LogP contribution in [0.1, 0.15) is 18.4 Å². The van der Waals surface area contributed by atoms with Crippen LogP contribution in [0.5, 0.6) is 0 Å².